The van der Waals surface area contributed by atoms with Gasteiger partial charge in [0.1, 0.15) is 12.3 Å². The van der Waals surface area contributed by atoms with Gasteiger partial charge in [-0.25, -0.2) is 0 Å². The van der Waals surface area contributed by atoms with Gasteiger partial charge in [-0.2, -0.15) is 0 Å². The third kappa shape index (κ3) is 3.36. The van der Waals surface area contributed by atoms with Crippen LogP contribution >= 0.6 is 0 Å². The van der Waals surface area contributed by atoms with Crippen LogP contribution in [0.2, 0.25) is 0 Å². The lowest BCUT2D eigenvalue weighted by atomic mass is 10.2. The smallest absolute Gasteiger partial charge is 0.287 e. The molecule has 2 aliphatic rings. The van der Waals surface area contributed by atoms with Gasteiger partial charge in [0.15, 0.2) is 11.5 Å². The summed E-state index contributed by atoms with van der Waals surface area (Å²) in [5, 5.41) is 10.8. The molecule has 0 unspecified atom stereocenters. The Balaban J connectivity index is 1.34. The molecule has 0 spiro atoms. The first-order chi connectivity index (χ1) is 13.5. The summed E-state index contributed by atoms with van der Waals surface area (Å²) in [6.07, 6.45) is 0.467. The fraction of sp³-hybridized carbons (Fsp3) is 0.333. The SMILES string of the molecule is O=C(c1cc([N+](=O)[O-])c[nH]1)N1CCN(C(=O)[C@H]2COc3ccccc3O2)CC1. The van der Waals surface area contributed by atoms with Crippen LogP contribution in [0.5, 0.6) is 11.5 Å². The molecular weight excluding hydrogens is 368 g/mol. The van der Waals surface area contributed by atoms with Gasteiger partial charge in [-0.3, -0.25) is 19.7 Å². The number of nitro groups is 1. The molecule has 3 heterocycles. The predicted octanol–water partition coefficient (Wildman–Crippen LogP) is 1.05. The van der Waals surface area contributed by atoms with E-state index in [0.29, 0.717) is 37.7 Å². The largest absolute Gasteiger partial charge is 0.485 e. The number of aromatic amines is 1. The summed E-state index contributed by atoms with van der Waals surface area (Å²) in [6.45, 7) is 1.52. The van der Waals surface area contributed by atoms with Gasteiger partial charge in [0.25, 0.3) is 17.5 Å². The van der Waals surface area contributed by atoms with Crippen LogP contribution < -0.4 is 9.47 Å². The minimum atomic E-state index is -0.719. The van der Waals surface area contributed by atoms with Gasteiger partial charge >= 0.3 is 0 Å². The second kappa shape index (κ2) is 7.22. The van der Waals surface area contributed by atoms with E-state index in [2.05, 4.69) is 4.98 Å². The summed E-state index contributed by atoms with van der Waals surface area (Å²) in [4.78, 5) is 41.2. The summed E-state index contributed by atoms with van der Waals surface area (Å²) in [6, 6.07) is 8.39. The number of nitrogens with one attached hydrogen (secondary N) is 1. The number of carbonyl (C=O) groups is 2. The fourth-order valence-corrected chi connectivity index (χ4v) is 3.26. The molecule has 0 saturated carbocycles. The maximum Gasteiger partial charge on any atom is 0.287 e. The summed E-state index contributed by atoms with van der Waals surface area (Å²) < 4.78 is 11.3. The number of benzene rings is 1. The lowest BCUT2D eigenvalue weighted by Crippen LogP contribution is -2.55. The molecule has 10 heteroatoms. The normalized spacial score (nSPS) is 18.6. The highest BCUT2D eigenvalue weighted by atomic mass is 16.6. The van der Waals surface area contributed by atoms with Gasteiger partial charge in [0.05, 0.1) is 11.1 Å². The number of piperazine rings is 1. The van der Waals surface area contributed by atoms with Crippen molar-refractivity contribution in [2.75, 3.05) is 32.8 Å². The van der Waals surface area contributed by atoms with Crippen molar-refractivity contribution in [3.05, 3.63) is 52.3 Å². The first kappa shape index (κ1) is 17.8. The van der Waals surface area contributed by atoms with Crippen molar-refractivity contribution in [3.63, 3.8) is 0 Å². The fourth-order valence-electron chi connectivity index (χ4n) is 3.26. The Kier molecular flexibility index (Phi) is 4.60. The molecule has 10 nitrogen and oxygen atoms in total. The topological polar surface area (TPSA) is 118 Å². The number of ether oxygens (including phenoxy) is 2. The van der Waals surface area contributed by atoms with Crippen molar-refractivity contribution in [1.82, 2.24) is 14.8 Å². The van der Waals surface area contributed by atoms with E-state index in [1.807, 2.05) is 12.1 Å². The van der Waals surface area contributed by atoms with Crippen molar-refractivity contribution in [2.45, 2.75) is 6.10 Å². The van der Waals surface area contributed by atoms with Gasteiger partial charge in [0, 0.05) is 32.2 Å². The molecule has 28 heavy (non-hydrogen) atoms. The van der Waals surface area contributed by atoms with Gasteiger partial charge in [-0.15, -0.1) is 0 Å². The number of amides is 2. The molecular formula is C18H18N4O6. The van der Waals surface area contributed by atoms with Crippen LogP contribution in [-0.2, 0) is 4.79 Å². The molecule has 1 atom stereocenters. The lowest BCUT2D eigenvalue weighted by Gasteiger charge is -2.37. The number of aromatic nitrogens is 1. The molecule has 0 radical (unpaired) electrons. The van der Waals surface area contributed by atoms with E-state index in [0.717, 1.165) is 0 Å². The van der Waals surface area contributed by atoms with Crippen LogP contribution in [-0.4, -0.2) is 70.4 Å². The number of nitrogens with zero attached hydrogens (tertiary/aromatic N) is 3. The molecule has 2 amide bonds. The zero-order valence-corrected chi connectivity index (χ0v) is 14.9. The van der Waals surface area contributed by atoms with Crippen LogP contribution in [0, 0.1) is 10.1 Å². The van der Waals surface area contributed by atoms with E-state index in [9.17, 15) is 19.7 Å². The zero-order chi connectivity index (χ0) is 19.7. The van der Waals surface area contributed by atoms with Crippen molar-refractivity contribution >= 4 is 17.5 Å². The standard InChI is InChI=1S/C18H18N4O6/c23-17(13-9-12(10-19-13)22(25)26)20-5-7-21(8-6-20)18(24)16-11-27-14-3-1-2-4-15(14)28-16/h1-4,9-10,16,19H,5-8,11H2/t16-/m1/s1. The Morgan fingerprint density at radius 2 is 1.79 bits per heavy atom. The van der Waals surface area contributed by atoms with E-state index in [1.54, 1.807) is 21.9 Å². The maximum absolute atomic E-state index is 12.7. The highest BCUT2D eigenvalue weighted by molar-refractivity contribution is 5.93. The number of fused-ring (bicyclic) bond motifs is 1. The first-order valence-electron chi connectivity index (χ1n) is 8.82. The van der Waals surface area contributed by atoms with Gasteiger partial charge < -0.3 is 24.3 Å². The van der Waals surface area contributed by atoms with Crippen LogP contribution in [0.25, 0.3) is 0 Å². The van der Waals surface area contributed by atoms with Crippen molar-refractivity contribution in [2.24, 2.45) is 0 Å². The molecule has 0 aliphatic carbocycles. The summed E-state index contributed by atoms with van der Waals surface area (Å²) >= 11 is 0. The van der Waals surface area contributed by atoms with Crippen molar-refractivity contribution < 1.29 is 24.0 Å². The number of H-pyrrole nitrogens is 1. The number of hydrogen-bond donors (Lipinski definition) is 1. The molecule has 1 aromatic carbocycles. The zero-order valence-electron chi connectivity index (χ0n) is 14.9. The highest BCUT2D eigenvalue weighted by Gasteiger charge is 2.33. The molecule has 2 aromatic rings. The second-order valence-corrected chi connectivity index (χ2v) is 6.51. The average molecular weight is 386 g/mol. The minimum absolute atomic E-state index is 0.140. The molecule has 1 aromatic heterocycles. The third-order valence-electron chi connectivity index (χ3n) is 4.77. The van der Waals surface area contributed by atoms with Crippen LogP contribution in [0.4, 0.5) is 5.69 Å². The van der Waals surface area contributed by atoms with E-state index in [4.69, 9.17) is 9.47 Å². The predicted molar refractivity (Wildman–Crippen MR) is 96.3 cm³/mol. The quantitative estimate of drug-likeness (QED) is 0.622. The van der Waals surface area contributed by atoms with E-state index >= 15 is 0 Å². The minimum Gasteiger partial charge on any atom is -0.485 e. The Morgan fingerprint density at radius 1 is 1.11 bits per heavy atom. The number of rotatable bonds is 3. The van der Waals surface area contributed by atoms with Crippen LogP contribution in [0.1, 0.15) is 10.5 Å². The summed E-state index contributed by atoms with van der Waals surface area (Å²) in [7, 11) is 0. The van der Waals surface area contributed by atoms with E-state index in [1.165, 1.54) is 12.3 Å². The Hall–Kier alpha value is -3.56. The monoisotopic (exact) mass is 386 g/mol. The number of para-hydroxylation sites is 2. The first-order valence-corrected chi connectivity index (χ1v) is 8.82. The van der Waals surface area contributed by atoms with Gasteiger partial charge in [-0.05, 0) is 12.1 Å². The van der Waals surface area contributed by atoms with Gasteiger partial charge in [0.2, 0.25) is 6.10 Å². The Labute approximate surface area is 159 Å². The summed E-state index contributed by atoms with van der Waals surface area (Å²) in [5.41, 5.74) is -0.000936. The number of carbonyl (C=O) groups excluding carboxylic acids is 2. The van der Waals surface area contributed by atoms with Crippen molar-refractivity contribution in [3.8, 4) is 11.5 Å². The molecule has 146 valence electrons. The highest BCUT2D eigenvalue weighted by Crippen LogP contribution is 2.31. The molecule has 1 saturated heterocycles. The third-order valence-corrected chi connectivity index (χ3v) is 4.77. The Morgan fingerprint density at radius 3 is 2.46 bits per heavy atom. The van der Waals surface area contributed by atoms with E-state index in [-0.39, 0.29) is 29.8 Å². The second-order valence-electron chi connectivity index (χ2n) is 6.51. The van der Waals surface area contributed by atoms with Crippen LogP contribution in [0.15, 0.2) is 36.5 Å². The Bertz CT molecular complexity index is 918. The maximum atomic E-state index is 12.7. The number of hydrogen-bond acceptors (Lipinski definition) is 6. The summed E-state index contributed by atoms with van der Waals surface area (Å²) in [5.74, 6) is 0.639. The molecule has 4 rings (SSSR count). The molecule has 1 fully saturated rings. The van der Waals surface area contributed by atoms with Gasteiger partial charge in [-0.1, -0.05) is 12.1 Å². The van der Waals surface area contributed by atoms with Crippen LogP contribution in [0.3, 0.4) is 0 Å². The molecule has 1 N–H and O–H groups in total. The van der Waals surface area contributed by atoms with Crippen molar-refractivity contribution in [1.29, 1.82) is 0 Å². The lowest BCUT2D eigenvalue weighted by molar-refractivity contribution is -0.384. The molecule has 0 bridgehead atoms. The molecule has 2 aliphatic heterocycles. The van der Waals surface area contributed by atoms with E-state index < -0.39 is 11.0 Å². The average Bonchev–Trinajstić information content (AvgIpc) is 3.23.